The molecule has 102 valence electrons. The van der Waals surface area contributed by atoms with Crippen molar-refractivity contribution in [2.24, 2.45) is 5.73 Å². The van der Waals surface area contributed by atoms with Crippen molar-refractivity contribution in [3.8, 4) is 5.75 Å². The Morgan fingerprint density at radius 3 is 2.50 bits per heavy atom. The summed E-state index contributed by atoms with van der Waals surface area (Å²) in [5.41, 5.74) is 10.9. The quantitative estimate of drug-likeness (QED) is 0.760. The van der Waals surface area contributed by atoms with Gasteiger partial charge in [-0.2, -0.15) is 0 Å². The Kier molecular flexibility index (Phi) is 5.63. The third-order valence-corrected chi connectivity index (χ3v) is 3.34. The number of nitrogens with two attached hydrogens (primary N) is 1. The number of benzene rings is 1. The Morgan fingerprint density at radius 2 is 1.94 bits per heavy atom. The predicted molar refractivity (Wildman–Crippen MR) is 77.4 cm³/mol. The summed E-state index contributed by atoms with van der Waals surface area (Å²) in [4.78, 5) is 0. The van der Waals surface area contributed by atoms with Crippen LogP contribution in [0.4, 0.5) is 0 Å². The van der Waals surface area contributed by atoms with Gasteiger partial charge in [0.05, 0.1) is 7.11 Å². The van der Waals surface area contributed by atoms with E-state index in [2.05, 4.69) is 32.2 Å². The zero-order chi connectivity index (χ0) is 13.7. The first kappa shape index (κ1) is 15.0. The highest BCUT2D eigenvalue weighted by atomic mass is 16.5. The van der Waals surface area contributed by atoms with Gasteiger partial charge in [-0.15, -0.1) is 0 Å². The fourth-order valence-corrected chi connectivity index (χ4v) is 2.23. The van der Waals surface area contributed by atoms with Crippen LogP contribution in [0.25, 0.3) is 0 Å². The molecule has 0 spiro atoms. The molecule has 0 heterocycles. The van der Waals surface area contributed by atoms with Gasteiger partial charge in [0.25, 0.3) is 0 Å². The summed E-state index contributed by atoms with van der Waals surface area (Å²) >= 11 is 0. The van der Waals surface area contributed by atoms with Crippen molar-refractivity contribution in [3.05, 3.63) is 28.3 Å². The van der Waals surface area contributed by atoms with Crippen molar-refractivity contribution in [1.29, 1.82) is 0 Å². The van der Waals surface area contributed by atoms with Gasteiger partial charge in [-0.05, 0) is 62.9 Å². The van der Waals surface area contributed by atoms with E-state index in [0.29, 0.717) is 0 Å². The van der Waals surface area contributed by atoms with Crippen LogP contribution in [0.5, 0.6) is 5.75 Å². The molecule has 0 saturated heterocycles. The molecule has 3 nitrogen and oxygen atoms in total. The number of aryl methyl sites for hydroxylation is 2. The average Bonchev–Trinajstić information content (AvgIpc) is 2.30. The van der Waals surface area contributed by atoms with E-state index in [1.54, 1.807) is 7.11 Å². The van der Waals surface area contributed by atoms with Gasteiger partial charge in [0.15, 0.2) is 0 Å². The Balaban J connectivity index is 2.78. The number of hydrogen-bond donors (Lipinski definition) is 2. The third kappa shape index (κ3) is 3.72. The van der Waals surface area contributed by atoms with Gasteiger partial charge in [0.2, 0.25) is 0 Å². The second kappa shape index (κ2) is 6.76. The van der Waals surface area contributed by atoms with Crippen molar-refractivity contribution in [2.75, 3.05) is 20.2 Å². The van der Waals surface area contributed by atoms with Crippen LogP contribution >= 0.6 is 0 Å². The molecule has 0 fully saturated rings. The van der Waals surface area contributed by atoms with E-state index in [1.807, 2.05) is 6.92 Å². The van der Waals surface area contributed by atoms with E-state index in [-0.39, 0.29) is 6.04 Å². The van der Waals surface area contributed by atoms with E-state index >= 15 is 0 Å². The molecular formula is C15H26N2O. The van der Waals surface area contributed by atoms with Crippen molar-refractivity contribution in [3.63, 3.8) is 0 Å². The fraction of sp³-hybridized carbons (Fsp3) is 0.600. The molecule has 0 amide bonds. The van der Waals surface area contributed by atoms with Crippen molar-refractivity contribution < 1.29 is 4.74 Å². The second-order valence-corrected chi connectivity index (χ2v) is 5.08. The molecule has 0 saturated carbocycles. The summed E-state index contributed by atoms with van der Waals surface area (Å²) in [6.45, 7) is 10.2. The maximum absolute atomic E-state index is 5.71. The van der Waals surface area contributed by atoms with Crippen LogP contribution in [0.15, 0.2) is 6.07 Å². The Bertz CT molecular complexity index is 400. The molecule has 0 bridgehead atoms. The maximum atomic E-state index is 5.71. The molecule has 1 unspecified atom stereocenters. The smallest absolute Gasteiger partial charge is 0.125 e. The zero-order valence-electron chi connectivity index (χ0n) is 12.3. The normalized spacial score (nSPS) is 12.6. The average molecular weight is 250 g/mol. The molecule has 1 atom stereocenters. The number of rotatable bonds is 6. The van der Waals surface area contributed by atoms with Gasteiger partial charge in [-0.25, -0.2) is 0 Å². The molecule has 1 aromatic carbocycles. The van der Waals surface area contributed by atoms with Crippen LogP contribution in [0.1, 0.15) is 29.2 Å². The minimum atomic E-state index is 0.202. The van der Waals surface area contributed by atoms with Crippen molar-refractivity contribution in [2.45, 2.75) is 40.2 Å². The summed E-state index contributed by atoms with van der Waals surface area (Å²) in [5.74, 6) is 1.04. The fourth-order valence-electron chi connectivity index (χ4n) is 2.23. The predicted octanol–water partition coefficient (Wildman–Crippen LogP) is 2.10. The van der Waals surface area contributed by atoms with Crippen molar-refractivity contribution in [1.82, 2.24) is 5.32 Å². The van der Waals surface area contributed by atoms with Crippen LogP contribution in [-0.4, -0.2) is 26.2 Å². The van der Waals surface area contributed by atoms with Gasteiger partial charge >= 0.3 is 0 Å². The first-order chi connectivity index (χ1) is 8.47. The van der Waals surface area contributed by atoms with Gasteiger partial charge in [-0.3, -0.25) is 0 Å². The lowest BCUT2D eigenvalue weighted by molar-refractivity contribution is 0.405. The second-order valence-electron chi connectivity index (χ2n) is 5.08. The summed E-state index contributed by atoms with van der Waals surface area (Å²) in [5, 5.41) is 3.37. The van der Waals surface area contributed by atoms with E-state index < -0.39 is 0 Å². The monoisotopic (exact) mass is 250 g/mol. The van der Waals surface area contributed by atoms with Crippen LogP contribution < -0.4 is 15.8 Å². The van der Waals surface area contributed by atoms with Gasteiger partial charge in [0, 0.05) is 12.6 Å². The lowest BCUT2D eigenvalue weighted by Gasteiger charge is -2.17. The molecule has 0 aliphatic carbocycles. The minimum absolute atomic E-state index is 0.202. The molecule has 3 heteroatoms. The number of nitrogens with one attached hydrogen (secondary N) is 1. The molecule has 1 aromatic rings. The van der Waals surface area contributed by atoms with E-state index in [9.17, 15) is 0 Å². The molecule has 0 aliphatic heterocycles. The van der Waals surface area contributed by atoms with E-state index in [0.717, 1.165) is 25.3 Å². The van der Waals surface area contributed by atoms with Gasteiger partial charge < -0.3 is 15.8 Å². The highest BCUT2D eigenvalue weighted by Gasteiger charge is 2.11. The van der Waals surface area contributed by atoms with Crippen LogP contribution in [0.3, 0.4) is 0 Å². The largest absolute Gasteiger partial charge is 0.496 e. The summed E-state index contributed by atoms with van der Waals surface area (Å²) in [6.07, 6.45) is 0.975. The van der Waals surface area contributed by atoms with E-state index in [1.165, 1.54) is 22.3 Å². The molecule has 18 heavy (non-hydrogen) atoms. The highest BCUT2D eigenvalue weighted by molar-refractivity contribution is 5.49. The van der Waals surface area contributed by atoms with Gasteiger partial charge in [0.1, 0.15) is 5.75 Å². The first-order valence-electron chi connectivity index (χ1n) is 6.57. The molecular weight excluding hydrogens is 224 g/mol. The van der Waals surface area contributed by atoms with E-state index in [4.69, 9.17) is 10.5 Å². The number of ether oxygens (including phenoxy) is 1. The molecule has 3 N–H and O–H groups in total. The summed E-state index contributed by atoms with van der Waals surface area (Å²) < 4.78 is 5.56. The molecule has 0 radical (unpaired) electrons. The van der Waals surface area contributed by atoms with Crippen molar-refractivity contribution >= 4 is 0 Å². The number of methoxy groups -OCH3 is 1. The lowest BCUT2D eigenvalue weighted by Crippen LogP contribution is -2.32. The zero-order valence-corrected chi connectivity index (χ0v) is 12.3. The summed E-state index contributed by atoms with van der Waals surface area (Å²) in [6, 6.07) is 2.44. The first-order valence-corrected chi connectivity index (χ1v) is 6.57. The van der Waals surface area contributed by atoms with Crippen LogP contribution in [0.2, 0.25) is 0 Å². The SMILES string of the molecule is COc1c(C)c(C)cc(C)c1CCNCC(C)N. The Morgan fingerprint density at radius 1 is 1.28 bits per heavy atom. The third-order valence-electron chi connectivity index (χ3n) is 3.34. The minimum Gasteiger partial charge on any atom is -0.496 e. The highest BCUT2D eigenvalue weighted by Crippen LogP contribution is 2.29. The Labute approximate surface area is 111 Å². The topological polar surface area (TPSA) is 47.3 Å². The molecule has 1 rings (SSSR count). The van der Waals surface area contributed by atoms with Crippen LogP contribution in [0, 0.1) is 20.8 Å². The molecule has 0 aliphatic rings. The lowest BCUT2D eigenvalue weighted by atomic mass is 9.97. The Hall–Kier alpha value is -1.06. The maximum Gasteiger partial charge on any atom is 0.125 e. The molecule has 0 aromatic heterocycles. The summed E-state index contributed by atoms with van der Waals surface area (Å²) in [7, 11) is 1.75. The van der Waals surface area contributed by atoms with Gasteiger partial charge in [-0.1, -0.05) is 6.07 Å². The standard InChI is InChI=1S/C15H26N2O/c1-10-8-11(2)14(15(18-5)13(10)4)6-7-17-9-12(3)16/h8,12,17H,6-7,9,16H2,1-5H3. The number of hydrogen-bond acceptors (Lipinski definition) is 3. The van der Waals surface area contributed by atoms with Crippen LogP contribution in [-0.2, 0) is 6.42 Å².